The molecule has 0 unspecified atom stereocenters. The molecule has 0 heterocycles. The largest absolute Gasteiger partial charge is 0.508 e. The summed E-state index contributed by atoms with van der Waals surface area (Å²) in [6, 6.07) is 19.3. The molecule has 0 amide bonds. The molecule has 19 heavy (non-hydrogen) atoms. The van der Waals surface area contributed by atoms with Crippen molar-refractivity contribution in [3.8, 4) is 17.2 Å². The number of aromatic hydroxyl groups is 3. The second kappa shape index (κ2) is 5.78. The first-order valence-electron chi connectivity index (χ1n) is 5.82. The lowest BCUT2D eigenvalue weighted by Crippen LogP contribution is -1.73. The molecule has 96 valence electrons. The Kier molecular flexibility index (Phi) is 3.88. The van der Waals surface area contributed by atoms with Crippen molar-refractivity contribution in [2.75, 3.05) is 0 Å². The molecular formula is C16H14O3. The topological polar surface area (TPSA) is 60.7 Å². The predicted molar refractivity (Wildman–Crippen MR) is 75.4 cm³/mol. The molecule has 3 N–H and O–H groups in total. The first-order valence-corrected chi connectivity index (χ1v) is 5.82. The summed E-state index contributed by atoms with van der Waals surface area (Å²) in [4.78, 5) is 0. The van der Waals surface area contributed by atoms with Crippen LogP contribution in [0.2, 0.25) is 0 Å². The minimum Gasteiger partial charge on any atom is -0.508 e. The lowest BCUT2D eigenvalue weighted by molar-refractivity contribution is 0.408. The summed E-state index contributed by atoms with van der Waals surface area (Å²) in [5.74, 6) is 0.198. The lowest BCUT2D eigenvalue weighted by atomic mass is 10.1. The van der Waals surface area contributed by atoms with Gasteiger partial charge in [0.15, 0.2) is 11.5 Å². The second-order valence-corrected chi connectivity index (χ2v) is 3.99. The monoisotopic (exact) mass is 254 g/mol. The van der Waals surface area contributed by atoms with Crippen molar-refractivity contribution >= 4 is 10.8 Å². The number of fused-ring (bicyclic) bond motifs is 1. The van der Waals surface area contributed by atoms with Gasteiger partial charge in [0.05, 0.1) is 0 Å². The van der Waals surface area contributed by atoms with Crippen LogP contribution in [-0.2, 0) is 0 Å². The van der Waals surface area contributed by atoms with Gasteiger partial charge in [-0.05, 0) is 23.6 Å². The SMILES string of the molecule is Oc1ccc2ccccc2c1O.Oc1ccccc1. The highest BCUT2D eigenvalue weighted by molar-refractivity contribution is 5.90. The van der Waals surface area contributed by atoms with E-state index in [-0.39, 0.29) is 11.5 Å². The van der Waals surface area contributed by atoms with Gasteiger partial charge < -0.3 is 15.3 Å². The molecule has 0 aromatic heterocycles. The molecule has 0 saturated heterocycles. The van der Waals surface area contributed by atoms with Crippen LogP contribution in [-0.4, -0.2) is 15.3 Å². The van der Waals surface area contributed by atoms with Gasteiger partial charge in [-0.1, -0.05) is 48.5 Å². The molecule has 3 aromatic rings. The fourth-order valence-corrected chi connectivity index (χ4v) is 1.67. The maximum absolute atomic E-state index is 9.41. The summed E-state index contributed by atoms with van der Waals surface area (Å²) in [6.07, 6.45) is 0. The molecule has 0 fully saturated rings. The number of hydrogen-bond donors (Lipinski definition) is 3. The predicted octanol–water partition coefficient (Wildman–Crippen LogP) is 3.64. The van der Waals surface area contributed by atoms with Crippen LogP contribution in [0.15, 0.2) is 66.7 Å². The third kappa shape index (κ3) is 3.16. The van der Waals surface area contributed by atoms with E-state index in [0.29, 0.717) is 11.1 Å². The number of rotatable bonds is 0. The molecule has 3 nitrogen and oxygen atoms in total. The maximum atomic E-state index is 9.41. The summed E-state index contributed by atoms with van der Waals surface area (Å²) in [5.41, 5.74) is 0. The minimum atomic E-state index is -0.0753. The highest BCUT2D eigenvalue weighted by Crippen LogP contribution is 2.32. The summed E-state index contributed by atoms with van der Waals surface area (Å²) in [5, 5.41) is 28.8. The summed E-state index contributed by atoms with van der Waals surface area (Å²) >= 11 is 0. The average Bonchev–Trinajstić information content (AvgIpc) is 2.45. The average molecular weight is 254 g/mol. The molecule has 0 saturated carbocycles. The number of phenolic OH excluding ortho intramolecular Hbond substituents is 3. The standard InChI is InChI=1S/C10H8O2.C6H6O/c11-9-6-5-7-3-1-2-4-8(7)10(9)12;7-6-4-2-1-3-5-6/h1-6,11-12H;1-5,7H. The van der Waals surface area contributed by atoms with E-state index in [1.807, 2.05) is 24.3 Å². The molecule has 0 radical (unpaired) electrons. The van der Waals surface area contributed by atoms with Gasteiger partial charge >= 0.3 is 0 Å². The normalized spacial score (nSPS) is 9.68. The zero-order valence-corrected chi connectivity index (χ0v) is 10.2. The summed E-state index contributed by atoms with van der Waals surface area (Å²) in [6.45, 7) is 0. The van der Waals surface area contributed by atoms with Gasteiger partial charge in [0.2, 0.25) is 0 Å². The second-order valence-electron chi connectivity index (χ2n) is 3.99. The lowest BCUT2D eigenvalue weighted by Gasteiger charge is -2.01. The van der Waals surface area contributed by atoms with Crippen molar-refractivity contribution < 1.29 is 15.3 Å². The Hall–Kier alpha value is -2.68. The Morgan fingerprint density at radius 2 is 1.21 bits per heavy atom. The highest BCUT2D eigenvalue weighted by atomic mass is 16.3. The number of benzene rings is 3. The van der Waals surface area contributed by atoms with Gasteiger partial charge in [0, 0.05) is 5.39 Å². The van der Waals surface area contributed by atoms with Crippen LogP contribution in [0.5, 0.6) is 17.2 Å². The van der Waals surface area contributed by atoms with E-state index >= 15 is 0 Å². The van der Waals surface area contributed by atoms with Crippen LogP contribution in [0.1, 0.15) is 0 Å². The Balaban J connectivity index is 0.000000163. The van der Waals surface area contributed by atoms with E-state index < -0.39 is 0 Å². The molecule has 0 aliphatic carbocycles. The Morgan fingerprint density at radius 1 is 0.579 bits per heavy atom. The molecule has 0 aliphatic rings. The minimum absolute atomic E-state index is 0.0481. The van der Waals surface area contributed by atoms with Gasteiger partial charge in [-0.2, -0.15) is 0 Å². The number of phenols is 3. The summed E-state index contributed by atoms with van der Waals surface area (Å²) < 4.78 is 0. The molecular weight excluding hydrogens is 240 g/mol. The summed E-state index contributed by atoms with van der Waals surface area (Å²) in [7, 11) is 0. The van der Waals surface area contributed by atoms with Crippen LogP contribution in [0, 0.1) is 0 Å². The van der Waals surface area contributed by atoms with E-state index in [4.69, 9.17) is 10.2 Å². The van der Waals surface area contributed by atoms with E-state index in [0.717, 1.165) is 5.39 Å². The molecule has 0 aliphatic heterocycles. The number of hydrogen-bond acceptors (Lipinski definition) is 3. The fraction of sp³-hybridized carbons (Fsp3) is 0. The van der Waals surface area contributed by atoms with Crippen LogP contribution < -0.4 is 0 Å². The Morgan fingerprint density at radius 3 is 1.84 bits per heavy atom. The van der Waals surface area contributed by atoms with Crippen LogP contribution >= 0.6 is 0 Å². The smallest absolute Gasteiger partial charge is 0.165 e. The molecule has 3 rings (SSSR count). The number of para-hydroxylation sites is 1. The van der Waals surface area contributed by atoms with E-state index in [9.17, 15) is 5.11 Å². The van der Waals surface area contributed by atoms with Crippen LogP contribution in [0.4, 0.5) is 0 Å². The van der Waals surface area contributed by atoms with Crippen molar-refractivity contribution in [2.24, 2.45) is 0 Å². The quantitative estimate of drug-likeness (QED) is 0.537. The molecule has 3 heteroatoms. The van der Waals surface area contributed by atoms with E-state index in [1.54, 1.807) is 36.4 Å². The Labute approximate surface area is 111 Å². The van der Waals surface area contributed by atoms with Crippen molar-refractivity contribution in [3.63, 3.8) is 0 Å². The zero-order chi connectivity index (χ0) is 13.7. The first kappa shape index (κ1) is 12.8. The first-order chi connectivity index (χ1) is 9.18. The van der Waals surface area contributed by atoms with Gasteiger partial charge in [-0.3, -0.25) is 0 Å². The van der Waals surface area contributed by atoms with Gasteiger partial charge in [-0.25, -0.2) is 0 Å². The molecule has 3 aromatic carbocycles. The maximum Gasteiger partial charge on any atom is 0.165 e. The van der Waals surface area contributed by atoms with E-state index in [2.05, 4.69) is 0 Å². The Bertz CT molecular complexity index is 663. The van der Waals surface area contributed by atoms with Gasteiger partial charge in [0.1, 0.15) is 5.75 Å². The zero-order valence-electron chi connectivity index (χ0n) is 10.2. The highest BCUT2D eigenvalue weighted by Gasteiger charge is 2.02. The van der Waals surface area contributed by atoms with Crippen molar-refractivity contribution in [1.29, 1.82) is 0 Å². The fourth-order valence-electron chi connectivity index (χ4n) is 1.67. The van der Waals surface area contributed by atoms with Crippen LogP contribution in [0.3, 0.4) is 0 Å². The molecule has 0 bridgehead atoms. The molecule has 0 spiro atoms. The van der Waals surface area contributed by atoms with Gasteiger partial charge in [0.25, 0.3) is 0 Å². The van der Waals surface area contributed by atoms with Crippen molar-refractivity contribution in [1.82, 2.24) is 0 Å². The van der Waals surface area contributed by atoms with Crippen molar-refractivity contribution in [3.05, 3.63) is 66.7 Å². The third-order valence-electron chi connectivity index (χ3n) is 2.64. The van der Waals surface area contributed by atoms with Crippen molar-refractivity contribution in [2.45, 2.75) is 0 Å². The third-order valence-corrected chi connectivity index (χ3v) is 2.64. The molecule has 0 atom stereocenters. The van der Waals surface area contributed by atoms with Gasteiger partial charge in [-0.15, -0.1) is 0 Å². The van der Waals surface area contributed by atoms with Crippen LogP contribution in [0.25, 0.3) is 10.8 Å². The van der Waals surface area contributed by atoms with E-state index in [1.165, 1.54) is 6.07 Å².